The molecule has 0 fully saturated rings. The lowest BCUT2D eigenvalue weighted by molar-refractivity contribution is -0.137. The van der Waals surface area contributed by atoms with Gasteiger partial charge in [0, 0.05) is 16.6 Å². The molecule has 0 spiro atoms. The molecule has 0 aliphatic carbocycles. The van der Waals surface area contributed by atoms with E-state index < -0.39 is 17.9 Å². The van der Waals surface area contributed by atoms with E-state index in [0.29, 0.717) is 33.3 Å². The number of aryl methyl sites for hydroxylation is 1. The van der Waals surface area contributed by atoms with Crippen molar-refractivity contribution in [1.82, 2.24) is 4.98 Å². The fourth-order valence-electron chi connectivity index (χ4n) is 3.27. The molecule has 3 N–H and O–H groups in total. The van der Waals surface area contributed by atoms with Crippen molar-refractivity contribution in [3.63, 3.8) is 0 Å². The molecule has 0 amide bonds. The Balaban J connectivity index is 2.28. The van der Waals surface area contributed by atoms with Crippen LogP contribution >= 0.6 is 11.6 Å². The summed E-state index contributed by atoms with van der Waals surface area (Å²) in [5, 5.41) is 20.4. The number of phenolic OH excluding ortho intramolecular Hbond substituents is 1. The number of fused-ring (bicyclic) bond motifs is 1. The van der Waals surface area contributed by atoms with Crippen LogP contribution in [0.25, 0.3) is 10.9 Å². The van der Waals surface area contributed by atoms with Gasteiger partial charge in [0.25, 0.3) is 0 Å². The summed E-state index contributed by atoms with van der Waals surface area (Å²) in [5.41, 5.74) is 2.32. The zero-order chi connectivity index (χ0) is 19.7. The van der Waals surface area contributed by atoms with E-state index in [1.54, 1.807) is 38.1 Å². The van der Waals surface area contributed by atoms with Crippen LogP contribution in [0.5, 0.6) is 5.75 Å². The van der Waals surface area contributed by atoms with Crippen LogP contribution in [0.3, 0.4) is 0 Å². The number of aromatic hydroxyl groups is 1. The van der Waals surface area contributed by atoms with Gasteiger partial charge in [-0.15, -0.1) is 0 Å². The monoisotopic (exact) mass is 387 g/mol. The summed E-state index contributed by atoms with van der Waals surface area (Å²) >= 11 is 5.85. The van der Waals surface area contributed by atoms with Gasteiger partial charge in [-0.3, -0.25) is 4.79 Å². The molecule has 1 aromatic heterocycles. The van der Waals surface area contributed by atoms with E-state index in [1.165, 1.54) is 12.1 Å². The molecule has 0 bridgehead atoms. The quantitative estimate of drug-likeness (QED) is 0.569. The molecule has 0 aliphatic heterocycles. The number of aliphatic carboxylic acids is 1. The van der Waals surface area contributed by atoms with Crippen molar-refractivity contribution >= 4 is 34.4 Å². The Morgan fingerprint density at radius 1 is 1.26 bits per heavy atom. The molecule has 0 radical (unpaired) electrons. The maximum atomic E-state index is 12.5. The van der Waals surface area contributed by atoms with Gasteiger partial charge in [-0.25, -0.2) is 4.79 Å². The Hall–Kier alpha value is -2.99. The first-order chi connectivity index (χ1) is 12.8. The Kier molecular flexibility index (Phi) is 5.10. The number of carbonyl (C=O) groups excluding carboxylic acids is 1. The van der Waals surface area contributed by atoms with Gasteiger partial charge in [-0.2, -0.15) is 0 Å². The second-order valence-electron chi connectivity index (χ2n) is 6.10. The van der Waals surface area contributed by atoms with Crippen LogP contribution in [0.2, 0.25) is 5.02 Å². The molecule has 140 valence electrons. The highest BCUT2D eigenvalue weighted by molar-refractivity contribution is 6.32. The first-order valence-corrected chi connectivity index (χ1v) is 8.72. The largest absolute Gasteiger partial charge is 0.506 e. The van der Waals surface area contributed by atoms with Gasteiger partial charge in [0.2, 0.25) is 0 Å². The average molecular weight is 388 g/mol. The number of H-pyrrole nitrogens is 1. The molecule has 1 heterocycles. The summed E-state index contributed by atoms with van der Waals surface area (Å²) in [5.74, 6) is -2.93. The average Bonchev–Trinajstić information content (AvgIpc) is 2.95. The highest BCUT2D eigenvalue weighted by Gasteiger charge is 2.29. The third kappa shape index (κ3) is 3.36. The number of halogens is 1. The Labute approximate surface area is 160 Å². The number of aromatic amines is 1. The molecule has 27 heavy (non-hydrogen) atoms. The topological polar surface area (TPSA) is 99.6 Å². The minimum absolute atomic E-state index is 0.130. The lowest BCUT2D eigenvalue weighted by Crippen LogP contribution is -2.14. The molecule has 6 nitrogen and oxygen atoms in total. The summed E-state index contributed by atoms with van der Waals surface area (Å²) in [6, 6.07) is 9.45. The minimum Gasteiger partial charge on any atom is -0.506 e. The molecule has 2 aromatic carbocycles. The number of hydrogen-bond acceptors (Lipinski definition) is 4. The van der Waals surface area contributed by atoms with E-state index in [4.69, 9.17) is 16.3 Å². The summed E-state index contributed by atoms with van der Waals surface area (Å²) < 4.78 is 5.15. The molecule has 0 saturated carbocycles. The second-order valence-corrected chi connectivity index (χ2v) is 6.50. The number of carboxylic acid groups (broad SMARTS) is 1. The van der Waals surface area contributed by atoms with Gasteiger partial charge in [0.15, 0.2) is 0 Å². The number of aromatic nitrogens is 1. The lowest BCUT2D eigenvalue weighted by atomic mass is 9.88. The van der Waals surface area contributed by atoms with Gasteiger partial charge >= 0.3 is 11.9 Å². The maximum Gasteiger partial charge on any atom is 0.340 e. The zero-order valence-electron chi connectivity index (χ0n) is 14.7. The summed E-state index contributed by atoms with van der Waals surface area (Å²) in [6.07, 6.45) is 0. The SMILES string of the molecule is CCOC(=O)c1c(C)[nH]c2cccc(C(C(=O)O)c3ccc(Cl)c(O)c3)c12. The zero-order valence-corrected chi connectivity index (χ0v) is 15.5. The van der Waals surface area contributed by atoms with E-state index in [0.717, 1.165) is 0 Å². The van der Waals surface area contributed by atoms with Gasteiger partial charge in [-0.1, -0.05) is 29.8 Å². The Bertz CT molecular complexity index is 1040. The smallest absolute Gasteiger partial charge is 0.340 e. The maximum absolute atomic E-state index is 12.5. The highest BCUT2D eigenvalue weighted by Crippen LogP contribution is 2.37. The number of carbonyl (C=O) groups is 2. The van der Waals surface area contributed by atoms with Crippen molar-refractivity contribution in [2.75, 3.05) is 6.61 Å². The Morgan fingerprint density at radius 2 is 2.00 bits per heavy atom. The minimum atomic E-state index is -1.11. The van der Waals surface area contributed by atoms with E-state index in [-0.39, 0.29) is 17.4 Å². The predicted octanol–water partition coefficient (Wildman–Crippen LogP) is 4.23. The van der Waals surface area contributed by atoms with Crippen molar-refractivity contribution in [2.45, 2.75) is 19.8 Å². The van der Waals surface area contributed by atoms with Crippen LogP contribution in [0.4, 0.5) is 0 Å². The standard InChI is InChI=1S/C20H18ClNO5/c1-3-27-20(26)16-10(2)22-14-6-4-5-12(18(14)16)17(19(24)25)11-7-8-13(21)15(23)9-11/h4-9,17,22-23H,3H2,1-2H3,(H,24,25). The number of hydrogen-bond donors (Lipinski definition) is 3. The van der Waals surface area contributed by atoms with Crippen LogP contribution < -0.4 is 0 Å². The van der Waals surface area contributed by atoms with Crippen molar-refractivity contribution in [3.05, 3.63) is 63.8 Å². The van der Waals surface area contributed by atoms with E-state index in [2.05, 4.69) is 4.98 Å². The molecular formula is C20H18ClNO5. The molecule has 0 saturated heterocycles. The van der Waals surface area contributed by atoms with Gasteiger partial charge < -0.3 is 19.9 Å². The number of rotatable bonds is 5. The first kappa shape index (κ1) is 18.8. The lowest BCUT2D eigenvalue weighted by Gasteiger charge is -2.16. The van der Waals surface area contributed by atoms with Crippen molar-refractivity contribution in [2.24, 2.45) is 0 Å². The molecule has 1 atom stereocenters. The Morgan fingerprint density at radius 3 is 2.63 bits per heavy atom. The molecule has 7 heteroatoms. The van der Waals surface area contributed by atoms with Crippen molar-refractivity contribution < 1.29 is 24.5 Å². The van der Waals surface area contributed by atoms with Crippen LogP contribution in [0.1, 0.15) is 40.0 Å². The molecule has 1 unspecified atom stereocenters. The van der Waals surface area contributed by atoms with E-state index in [1.807, 2.05) is 0 Å². The van der Waals surface area contributed by atoms with E-state index in [9.17, 15) is 19.8 Å². The number of benzene rings is 2. The van der Waals surface area contributed by atoms with Crippen molar-refractivity contribution in [3.8, 4) is 5.75 Å². The molecular weight excluding hydrogens is 370 g/mol. The molecule has 3 rings (SSSR count). The third-order valence-corrected chi connectivity index (χ3v) is 4.70. The fraction of sp³-hybridized carbons (Fsp3) is 0.200. The van der Waals surface area contributed by atoms with Gasteiger partial charge in [-0.05, 0) is 43.2 Å². The second kappa shape index (κ2) is 7.32. The van der Waals surface area contributed by atoms with Crippen LogP contribution in [-0.4, -0.2) is 33.7 Å². The number of phenols is 1. The number of ether oxygens (including phenoxy) is 1. The predicted molar refractivity (Wildman–Crippen MR) is 102 cm³/mol. The first-order valence-electron chi connectivity index (χ1n) is 8.34. The van der Waals surface area contributed by atoms with Crippen LogP contribution in [0.15, 0.2) is 36.4 Å². The number of nitrogens with one attached hydrogen (secondary N) is 1. The van der Waals surface area contributed by atoms with Crippen molar-refractivity contribution in [1.29, 1.82) is 0 Å². The van der Waals surface area contributed by atoms with E-state index >= 15 is 0 Å². The highest BCUT2D eigenvalue weighted by atomic mass is 35.5. The summed E-state index contributed by atoms with van der Waals surface area (Å²) in [6.45, 7) is 3.65. The number of esters is 1. The van der Waals surface area contributed by atoms with Gasteiger partial charge in [0.05, 0.1) is 17.2 Å². The third-order valence-electron chi connectivity index (χ3n) is 4.38. The summed E-state index contributed by atoms with van der Waals surface area (Å²) in [4.78, 5) is 27.7. The molecule has 0 aliphatic rings. The van der Waals surface area contributed by atoms with Gasteiger partial charge in [0.1, 0.15) is 11.7 Å². The summed E-state index contributed by atoms with van der Waals surface area (Å²) in [7, 11) is 0. The fourth-order valence-corrected chi connectivity index (χ4v) is 3.39. The molecule has 3 aromatic rings. The van der Waals surface area contributed by atoms with Crippen LogP contribution in [-0.2, 0) is 9.53 Å². The number of carboxylic acids is 1. The normalized spacial score (nSPS) is 12.1. The van der Waals surface area contributed by atoms with Crippen LogP contribution in [0, 0.1) is 6.92 Å².